The zero-order chi connectivity index (χ0) is 17.4. The Hall–Kier alpha value is -2.95. The highest BCUT2D eigenvalue weighted by Crippen LogP contribution is 2.23. The summed E-state index contributed by atoms with van der Waals surface area (Å²) in [7, 11) is 0. The largest absolute Gasteiger partial charge is 0.337 e. The number of hydrogen-bond donors (Lipinski definition) is 0. The summed E-state index contributed by atoms with van der Waals surface area (Å²) in [5.74, 6) is -0.402. The number of nitrogens with zero attached hydrogens (tertiary/aromatic N) is 2. The van der Waals surface area contributed by atoms with Crippen molar-refractivity contribution >= 4 is 23.1 Å². The molecule has 2 aromatic carbocycles. The van der Waals surface area contributed by atoms with Gasteiger partial charge in [0.25, 0.3) is 0 Å². The summed E-state index contributed by atoms with van der Waals surface area (Å²) in [6, 6.07) is 12.4. The maximum Gasteiger partial charge on any atom is 0.242 e. The molecule has 0 saturated carbocycles. The van der Waals surface area contributed by atoms with Gasteiger partial charge in [-0.05, 0) is 35.7 Å². The Bertz CT molecular complexity index is 977. The van der Waals surface area contributed by atoms with Crippen LogP contribution in [0.25, 0.3) is 10.9 Å². The number of hydrogen-bond acceptors (Lipinski definition) is 2. The molecule has 3 aromatic rings. The molecule has 0 N–H and O–H groups in total. The molecule has 25 heavy (non-hydrogen) atoms. The third-order valence-corrected chi connectivity index (χ3v) is 4.79. The van der Waals surface area contributed by atoms with Crippen LogP contribution in [0.4, 0.5) is 4.39 Å². The molecule has 0 fully saturated rings. The average Bonchev–Trinajstić information content (AvgIpc) is 2.98. The summed E-state index contributed by atoms with van der Waals surface area (Å²) >= 11 is 0. The maximum absolute atomic E-state index is 13.5. The zero-order valence-electron chi connectivity index (χ0n) is 13.6. The van der Waals surface area contributed by atoms with E-state index in [1.165, 1.54) is 23.3 Å². The molecule has 0 unspecified atom stereocenters. The molecular formula is C20H17FN2O2. The van der Waals surface area contributed by atoms with Crippen LogP contribution in [0.3, 0.4) is 0 Å². The molecule has 2 heterocycles. The molecule has 4 rings (SSSR count). The van der Waals surface area contributed by atoms with Gasteiger partial charge in [-0.2, -0.15) is 0 Å². The van der Waals surface area contributed by atoms with Crippen LogP contribution >= 0.6 is 0 Å². The van der Waals surface area contributed by atoms with Gasteiger partial charge < -0.3 is 9.47 Å². The van der Waals surface area contributed by atoms with Gasteiger partial charge in [0.05, 0.1) is 0 Å². The van der Waals surface area contributed by atoms with E-state index in [1.807, 2.05) is 23.1 Å². The third kappa shape index (κ3) is 2.82. The van der Waals surface area contributed by atoms with E-state index >= 15 is 0 Å². The number of fused-ring (bicyclic) bond motifs is 2. The van der Waals surface area contributed by atoms with Crippen molar-refractivity contribution < 1.29 is 14.0 Å². The maximum atomic E-state index is 13.5. The second-order valence-corrected chi connectivity index (χ2v) is 6.33. The minimum Gasteiger partial charge on any atom is -0.337 e. The number of amides is 1. The summed E-state index contributed by atoms with van der Waals surface area (Å²) in [6.07, 6.45) is 3.16. The highest BCUT2D eigenvalue weighted by atomic mass is 19.1. The SMILES string of the molecule is O=Cc1cn(CC(=O)N2CCc3ccccc3C2)c2ccc(F)cc12. The predicted molar refractivity (Wildman–Crippen MR) is 92.8 cm³/mol. The Morgan fingerprint density at radius 2 is 1.96 bits per heavy atom. The number of carbonyl (C=O) groups excluding carboxylic acids is 2. The quantitative estimate of drug-likeness (QED) is 0.690. The van der Waals surface area contributed by atoms with E-state index in [0.29, 0.717) is 35.8 Å². The van der Waals surface area contributed by atoms with E-state index < -0.39 is 5.82 Å². The molecule has 0 atom stereocenters. The van der Waals surface area contributed by atoms with Crippen molar-refractivity contribution in [1.82, 2.24) is 9.47 Å². The first-order valence-corrected chi connectivity index (χ1v) is 8.24. The fraction of sp³-hybridized carbons (Fsp3) is 0.200. The Morgan fingerprint density at radius 3 is 2.76 bits per heavy atom. The minimum absolute atomic E-state index is 0.00632. The summed E-state index contributed by atoms with van der Waals surface area (Å²) < 4.78 is 15.2. The van der Waals surface area contributed by atoms with Crippen molar-refractivity contribution in [3.8, 4) is 0 Å². The fourth-order valence-electron chi connectivity index (χ4n) is 3.48. The van der Waals surface area contributed by atoms with Crippen LogP contribution in [0.15, 0.2) is 48.7 Å². The van der Waals surface area contributed by atoms with Crippen LogP contribution in [-0.2, 0) is 24.3 Å². The van der Waals surface area contributed by atoms with Crippen molar-refractivity contribution in [2.45, 2.75) is 19.5 Å². The number of halogens is 1. The van der Waals surface area contributed by atoms with Crippen LogP contribution < -0.4 is 0 Å². The molecule has 0 aliphatic carbocycles. The molecule has 4 nitrogen and oxygen atoms in total. The number of carbonyl (C=O) groups is 2. The van der Waals surface area contributed by atoms with Crippen molar-refractivity contribution in [3.63, 3.8) is 0 Å². The molecule has 1 amide bonds. The molecular weight excluding hydrogens is 319 g/mol. The van der Waals surface area contributed by atoms with Crippen LogP contribution in [0.1, 0.15) is 21.5 Å². The van der Waals surface area contributed by atoms with E-state index in [0.717, 1.165) is 6.42 Å². The van der Waals surface area contributed by atoms with Crippen LogP contribution in [0, 0.1) is 5.82 Å². The van der Waals surface area contributed by atoms with Gasteiger partial charge >= 0.3 is 0 Å². The highest BCUT2D eigenvalue weighted by Gasteiger charge is 2.21. The van der Waals surface area contributed by atoms with Crippen molar-refractivity contribution in [2.24, 2.45) is 0 Å². The Morgan fingerprint density at radius 1 is 1.16 bits per heavy atom. The van der Waals surface area contributed by atoms with E-state index in [4.69, 9.17) is 0 Å². The Kier molecular flexibility index (Phi) is 3.84. The Balaban J connectivity index is 1.60. The Labute approximate surface area is 144 Å². The second-order valence-electron chi connectivity index (χ2n) is 6.33. The molecule has 5 heteroatoms. The van der Waals surface area contributed by atoms with Gasteiger partial charge in [-0.3, -0.25) is 9.59 Å². The molecule has 0 bridgehead atoms. The number of aldehydes is 1. The first-order valence-electron chi connectivity index (χ1n) is 8.24. The van der Waals surface area contributed by atoms with Gasteiger partial charge in [0, 0.05) is 35.8 Å². The fourth-order valence-corrected chi connectivity index (χ4v) is 3.48. The van der Waals surface area contributed by atoms with Gasteiger partial charge in [0.15, 0.2) is 6.29 Å². The first kappa shape index (κ1) is 15.6. The minimum atomic E-state index is -0.396. The van der Waals surface area contributed by atoms with Crippen LogP contribution in [-0.4, -0.2) is 28.2 Å². The van der Waals surface area contributed by atoms with Gasteiger partial charge in [0.2, 0.25) is 5.91 Å². The standard InChI is InChI=1S/C20H17FN2O2/c21-17-5-6-19-18(9-17)16(13-24)11-23(19)12-20(25)22-8-7-14-3-1-2-4-15(14)10-22/h1-6,9,11,13H,7-8,10,12H2. The van der Waals surface area contributed by atoms with Crippen molar-refractivity contribution in [1.29, 1.82) is 0 Å². The molecule has 0 spiro atoms. The first-order chi connectivity index (χ1) is 12.2. The lowest BCUT2D eigenvalue weighted by molar-refractivity contribution is -0.132. The molecule has 1 aliphatic rings. The van der Waals surface area contributed by atoms with Gasteiger partial charge in [-0.15, -0.1) is 0 Å². The summed E-state index contributed by atoms with van der Waals surface area (Å²) in [5.41, 5.74) is 3.55. The third-order valence-electron chi connectivity index (χ3n) is 4.79. The monoisotopic (exact) mass is 336 g/mol. The molecule has 0 saturated heterocycles. The van der Waals surface area contributed by atoms with E-state index in [-0.39, 0.29) is 12.5 Å². The van der Waals surface area contributed by atoms with Gasteiger partial charge in [-0.1, -0.05) is 24.3 Å². The van der Waals surface area contributed by atoms with Gasteiger partial charge in [0.1, 0.15) is 12.4 Å². The molecule has 1 aromatic heterocycles. The smallest absolute Gasteiger partial charge is 0.242 e. The lowest BCUT2D eigenvalue weighted by Crippen LogP contribution is -2.37. The zero-order valence-corrected chi connectivity index (χ0v) is 13.6. The van der Waals surface area contributed by atoms with Gasteiger partial charge in [-0.25, -0.2) is 4.39 Å². The molecule has 1 aliphatic heterocycles. The summed E-state index contributed by atoms with van der Waals surface area (Å²) in [5, 5.41) is 0.534. The van der Waals surface area contributed by atoms with E-state index in [9.17, 15) is 14.0 Å². The van der Waals surface area contributed by atoms with E-state index in [2.05, 4.69) is 6.07 Å². The van der Waals surface area contributed by atoms with E-state index in [1.54, 1.807) is 16.8 Å². The lowest BCUT2D eigenvalue weighted by atomic mass is 10.00. The van der Waals surface area contributed by atoms with Crippen LogP contribution in [0.2, 0.25) is 0 Å². The average molecular weight is 336 g/mol. The van der Waals surface area contributed by atoms with Crippen molar-refractivity contribution in [3.05, 3.63) is 71.2 Å². The topological polar surface area (TPSA) is 42.3 Å². The normalized spacial score (nSPS) is 13.7. The molecule has 126 valence electrons. The number of aromatic nitrogens is 1. The summed E-state index contributed by atoms with van der Waals surface area (Å²) in [6.45, 7) is 1.42. The highest BCUT2D eigenvalue weighted by molar-refractivity contribution is 5.98. The number of rotatable bonds is 3. The molecule has 0 radical (unpaired) electrons. The van der Waals surface area contributed by atoms with Crippen molar-refractivity contribution in [2.75, 3.05) is 6.54 Å². The summed E-state index contributed by atoms with van der Waals surface area (Å²) in [4.78, 5) is 25.8. The van der Waals surface area contributed by atoms with Crippen LogP contribution in [0.5, 0.6) is 0 Å². The predicted octanol–water partition coefficient (Wildman–Crippen LogP) is 3.18. The number of benzene rings is 2. The second kappa shape index (κ2) is 6.16. The lowest BCUT2D eigenvalue weighted by Gasteiger charge is -2.29.